The first-order chi connectivity index (χ1) is 9.34. The van der Waals surface area contributed by atoms with Crippen molar-refractivity contribution in [3.05, 3.63) is 12.2 Å². The third-order valence-corrected chi connectivity index (χ3v) is 3.41. The molecule has 0 bridgehead atoms. The summed E-state index contributed by atoms with van der Waals surface area (Å²) in [6.45, 7) is 5.21. The minimum absolute atomic E-state index is 0.190. The molecule has 1 aliphatic heterocycles. The maximum atomic E-state index is 12.4. The molecule has 0 saturated carbocycles. The van der Waals surface area contributed by atoms with Gasteiger partial charge in [0.15, 0.2) is 5.82 Å². The van der Waals surface area contributed by atoms with E-state index in [2.05, 4.69) is 15.5 Å². The number of barbiturate groups is 1. The van der Waals surface area contributed by atoms with E-state index in [1.165, 1.54) is 6.33 Å². The minimum atomic E-state index is -0.858. The zero-order valence-corrected chi connectivity index (χ0v) is 11.8. The molecule has 1 aromatic rings. The number of urea groups is 1. The van der Waals surface area contributed by atoms with Crippen LogP contribution in [-0.2, 0) is 16.6 Å². The molecule has 0 spiro atoms. The number of hydrogen-bond acceptors (Lipinski definition) is 5. The van der Waals surface area contributed by atoms with Crippen molar-refractivity contribution in [3.63, 3.8) is 0 Å². The molecule has 8 heteroatoms. The van der Waals surface area contributed by atoms with Gasteiger partial charge in [-0.2, -0.15) is 0 Å². The fraction of sp³-hybridized carbons (Fsp3) is 0.583. The zero-order valence-electron chi connectivity index (χ0n) is 11.8. The van der Waals surface area contributed by atoms with Gasteiger partial charge in [-0.3, -0.25) is 19.8 Å². The molecule has 8 nitrogen and oxygen atoms in total. The maximum Gasteiger partial charge on any atom is 0.331 e. The van der Waals surface area contributed by atoms with Crippen molar-refractivity contribution in [3.8, 4) is 0 Å². The van der Waals surface area contributed by atoms with E-state index in [0.717, 1.165) is 4.90 Å². The standard InChI is InChI=1S/C12H17N5O3/c1-6(2)8-10(18)14-12(20)17(11(8)19)7(3)9-15-13-5-16(9)4/h5-8H,1-4H3,(H,14,18,20). The Morgan fingerprint density at radius 1 is 1.25 bits per heavy atom. The highest BCUT2D eigenvalue weighted by molar-refractivity contribution is 6.16. The minimum Gasteiger partial charge on any atom is -0.319 e. The molecular formula is C12H17N5O3. The van der Waals surface area contributed by atoms with Crippen LogP contribution in [0.2, 0.25) is 0 Å². The van der Waals surface area contributed by atoms with Crippen molar-refractivity contribution in [2.45, 2.75) is 26.8 Å². The average Bonchev–Trinajstić information content (AvgIpc) is 2.73. The van der Waals surface area contributed by atoms with Crippen LogP contribution in [0.3, 0.4) is 0 Å². The molecule has 1 aliphatic rings. The van der Waals surface area contributed by atoms with Crippen molar-refractivity contribution < 1.29 is 14.4 Å². The Hall–Kier alpha value is -2.25. The fourth-order valence-electron chi connectivity index (χ4n) is 2.35. The zero-order chi connectivity index (χ0) is 15.0. The van der Waals surface area contributed by atoms with Gasteiger partial charge < -0.3 is 4.57 Å². The fourth-order valence-corrected chi connectivity index (χ4v) is 2.35. The van der Waals surface area contributed by atoms with Crippen molar-refractivity contribution in [2.24, 2.45) is 18.9 Å². The van der Waals surface area contributed by atoms with Gasteiger partial charge in [-0.25, -0.2) is 4.79 Å². The van der Waals surface area contributed by atoms with Crippen molar-refractivity contribution in [1.82, 2.24) is 25.0 Å². The average molecular weight is 279 g/mol. The molecule has 2 atom stereocenters. The van der Waals surface area contributed by atoms with Crippen LogP contribution in [-0.4, -0.2) is 37.5 Å². The van der Waals surface area contributed by atoms with E-state index in [9.17, 15) is 14.4 Å². The summed E-state index contributed by atoms with van der Waals surface area (Å²) in [6, 6.07) is -1.31. The van der Waals surface area contributed by atoms with Crippen LogP contribution in [0.5, 0.6) is 0 Å². The van der Waals surface area contributed by atoms with Gasteiger partial charge in [0, 0.05) is 7.05 Å². The third kappa shape index (κ3) is 2.17. The van der Waals surface area contributed by atoms with Crippen LogP contribution in [0.1, 0.15) is 32.6 Å². The lowest BCUT2D eigenvalue weighted by molar-refractivity contribution is -0.146. The lowest BCUT2D eigenvalue weighted by Crippen LogP contribution is -2.59. The highest BCUT2D eigenvalue weighted by Crippen LogP contribution is 2.26. The van der Waals surface area contributed by atoms with E-state index in [1.54, 1.807) is 32.4 Å². The predicted octanol–water partition coefficient (Wildman–Crippen LogP) is 0.227. The number of carbonyl (C=O) groups is 3. The van der Waals surface area contributed by atoms with Crippen LogP contribution in [0.25, 0.3) is 0 Å². The highest BCUT2D eigenvalue weighted by atomic mass is 16.2. The van der Waals surface area contributed by atoms with Crippen molar-refractivity contribution in [1.29, 1.82) is 0 Å². The van der Waals surface area contributed by atoms with Crippen LogP contribution < -0.4 is 5.32 Å². The smallest absolute Gasteiger partial charge is 0.319 e. The number of carbonyl (C=O) groups excluding carboxylic acids is 3. The second-order valence-electron chi connectivity index (χ2n) is 5.20. The number of nitrogens with zero attached hydrogens (tertiary/aromatic N) is 4. The summed E-state index contributed by atoms with van der Waals surface area (Å²) < 4.78 is 1.63. The molecular weight excluding hydrogens is 262 g/mol. The first-order valence-electron chi connectivity index (χ1n) is 6.36. The van der Waals surface area contributed by atoms with Crippen molar-refractivity contribution in [2.75, 3.05) is 0 Å². The van der Waals surface area contributed by atoms with Gasteiger partial charge in [0.25, 0.3) is 0 Å². The molecule has 0 aromatic carbocycles. The number of amides is 4. The Bertz CT molecular complexity index is 565. The lowest BCUT2D eigenvalue weighted by atomic mass is 9.91. The summed E-state index contributed by atoms with van der Waals surface area (Å²) >= 11 is 0. The third-order valence-electron chi connectivity index (χ3n) is 3.41. The molecule has 1 aromatic heterocycles. The Morgan fingerprint density at radius 3 is 2.40 bits per heavy atom. The van der Waals surface area contributed by atoms with Gasteiger partial charge in [0.2, 0.25) is 11.8 Å². The summed E-state index contributed by atoms with van der Waals surface area (Å²) in [7, 11) is 1.73. The number of hydrogen-bond donors (Lipinski definition) is 1. The van der Waals surface area contributed by atoms with Gasteiger partial charge in [0.05, 0.1) is 6.04 Å². The van der Waals surface area contributed by atoms with E-state index in [0.29, 0.717) is 5.82 Å². The van der Waals surface area contributed by atoms with E-state index in [4.69, 9.17) is 0 Å². The first kappa shape index (κ1) is 14.2. The molecule has 0 radical (unpaired) electrons. The summed E-state index contributed by atoms with van der Waals surface area (Å²) in [4.78, 5) is 37.2. The second kappa shape index (κ2) is 5.03. The Balaban J connectivity index is 2.35. The Kier molecular flexibility index (Phi) is 3.56. The van der Waals surface area contributed by atoms with E-state index in [1.807, 2.05) is 0 Å². The topological polar surface area (TPSA) is 97.2 Å². The van der Waals surface area contributed by atoms with Gasteiger partial charge in [-0.1, -0.05) is 13.8 Å². The largest absolute Gasteiger partial charge is 0.331 e. The van der Waals surface area contributed by atoms with Crippen LogP contribution in [0.15, 0.2) is 6.33 Å². The van der Waals surface area contributed by atoms with E-state index in [-0.39, 0.29) is 5.92 Å². The lowest BCUT2D eigenvalue weighted by Gasteiger charge is -2.34. The maximum absolute atomic E-state index is 12.4. The SMILES string of the molecule is CC(C)C1C(=O)NC(=O)N(C(C)c2nncn2C)C1=O. The Morgan fingerprint density at radius 2 is 1.90 bits per heavy atom. The molecule has 1 saturated heterocycles. The van der Waals surface area contributed by atoms with Crippen molar-refractivity contribution >= 4 is 17.8 Å². The van der Waals surface area contributed by atoms with Crippen LogP contribution >= 0.6 is 0 Å². The number of aromatic nitrogens is 3. The normalized spacial score (nSPS) is 21.4. The van der Waals surface area contributed by atoms with Crippen LogP contribution in [0, 0.1) is 11.8 Å². The second-order valence-corrected chi connectivity index (χ2v) is 5.20. The van der Waals surface area contributed by atoms with Gasteiger partial charge >= 0.3 is 6.03 Å². The number of rotatable bonds is 3. The molecule has 1 N–H and O–H groups in total. The molecule has 108 valence electrons. The van der Waals surface area contributed by atoms with E-state index >= 15 is 0 Å². The molecule has 20 heavy (non-hydrogen) atoms. The molecule has 2 heterocycles. The molecule has 2 unspecified atom stereocenters. The monoisotopic (exact) mass is 279 g/mol. The van der Waals surface area contributed by atoms with Gasteiger partial charge in [-0.15, -0.1) is 10.2 Å². The number of imide groups is 2. The van der Waals surface area contributed by atoms with Gasteiger partial charge in [-0.05, 0) is 12.8 Å². The summed E-state index contributed by atoms with van der Waals surface area (Å²) in [5.41, 5.74) is 0. The number of aryl methyl sites for hydroxylation is 1. The summed E-state index contributed by atoms with van der Waals surface area (Å²) in [6.07, 6.45) is 1.49. The van der Waals surface area contributed by atoms with Crippen LogP contribution in [0.4, 0.5) is 4.79 Å². The summed E-state index contributed by atoms with van der Waals surface area (Å²) in [5.74, 6) is -1.61. The quantitative estimate of drug-likeness (QED) is 0.799. The molecule has 2 rings (SSSR count). The Labute approximate surface area is 116 Å². The van der Waals surface area contributed by atoms with Gasteiger partial charge in [0.1, 0.15) is 12.2 Å². The predicted molar refractivity (Wildman–Crippen MR) is 68.1 cm³/mol. The molecule has 0 aliphatic carbocycles. The highest BCUT2D eigenvalue weighted by Gasteiger charge is 2.44. The van der Waals surface area contributed by atoms with E-state index < -0.39 is 29.8 Å². The first-order valence-corrected chi connectivity index (χ1v) is 6.36. The molecule has 4 amide bonds. The number of nitrogens with one attached hydrogen (secondary N) is 1. The molecule has 1 fully saturated rings. The summed E-state index contributed by atoms with van der Waals surface area (Å²) in [5, 5.41) is 9.86.